The van der Waals surface area contributed by atoms with Gasteiger partial charge in [-0.25, -0.2) is 0 Å². The van der Waals surface area contributed by atoms with E-state index in [2.05, 4.69) is 18.7 Å². The van der Waals surface area contributed by atoms with Gasteiger partial charge in [0.1, 0.15) is 0 Å². The van der Waals surface area contributed by atoms with Gasteiger partial charge >= 0.3 is 0 Å². The zero-order valence-electron chi connectivity index (χ0n) is 10.7. The van der Waals surface area contributed by atoms with E-state index in [0.717, 1.165) is 25.0 Å². The molecule has 16 heavy (non-hydrogen) atoms. The molecule has 1 aliphatic carbocycles. The van der Waals surface area contributed by atoms with E-state index < -0.39 is 0 Å². The summed E-state index contributed by atoms with van der Waals surface area (Å²) in [5, 5.41) is 0. The van der Waals surface area contributed by atoms with E-state index in [4.69, 9.17) is 10.5 Å². The van der Waals surface area contributed by atoms with E-state index >= 15 is 0 Å². The van der Waals surface area contributed by atoms with Crippen LogP contribution < -0.4 is 5.73 Å². The fourth-order valence-electron chi connectivity index (χ4n) is 3.28. The van der Waals surface area contributed by atoms with E-state index in [1.807, 2.05) is 0 Å². The molecule has 0 aromatic carbocycles. The molecule has 1 saturated heterocycles. The maximum atomic E-state index is 5.96. The predicted molar refractivity (Wildman–Crippen MR) is 66.4 cm³/mol. The van der Waals surface area contributed by atoms with E-state index in [1.165, 1.54) is 32.4 Å². The maximum Gasteiger partial charge on any atom is 0.0659 e. The molecule has 2 fully saturated rings. The van der Waals surface area contributed by atoms with Crippen molar-refractivity contribution < 1.29 is 4.74 Å². The van der Waals surface area contributed by atoms with Gasteiger partial charge in [-0.1, -0.05) is 6.42 Å². The van der Waals surface area contributed by atoms with Crippen molar-refractivity contribution in [2.24, 2.45) is 17.6 Å². The average molecular weight is 226 g/mol. The highest BCUT2D eigenvalue weighted by Gasteiger charge is 2.42. The first-order chi connectivity index (χ1) is 7.69. The summed E-state index contributed by atoms with van der Waals surface area (Å²) in [6.07, 6.45) is 4.29. The fraction of sp³-hybridized carbons (Fsp3) is 1.00. The van der Waals surface area contributed by atoms with Gasteiger partial charge in [-0.3, -0.25) is 4.90 Å². The Labute approximate surface area is 99.3 Å². The first kappa shape index (κ1) is 12.3. The Kier molecular flexibility index (Phi) is 3.88. The van der Waals surface area contributed by atoms with Crippen LogP contribution in [0.5, 0.6) is 0 Å². The van der Waals surface area contributed by atoms with Crippen LogP contribution in [-0.2, 0) is 4.74 Å². The lowest BCUT2D eigenvalue weighted by Gasteiger charge is -2.38. The second-order valence-corrected chi connectivity index (χ2v) is 5.69. The lowest BCUT2D eigenvalue weighted by molar-refractivity contribution is 0.0187. The van der Waals surface area contributed by atoms with Gasteiger partial charge in [-0.2, -0.15) is 0 Å². The third-order valence-electron chi connectivity index (χ3n) is 4.55. The molecule has 2 aliphatic rings. The second-order valence-electron chi connectivity index (χ2n) is 5.69. The van der Waals surface area contributed by atoms with Crippen molar-refractivity contribution >= 4 is 0 Å². The number of hydrogen-bond acceptors (Lipinski definition) is 3. The molecule has 3 atom stereocenters. The molecule has 1 saturated carbocycles. The molecule has 0 aromatic rings. The molecule has 1 heterocycles. The lowest BCUT2D eigenvalue weighted by atomic mass is 10.0. The molecular weight excluding hydrogens is 200 g/mol. The number of likely N-dealkylation sites (tertiary alicyclic amines) is 1. The number of nitrogens with two attached hydrogens (primary N) is 1. The summed E-state index contributed by atoms with van der Waals surface area (Å²) in [7, 11) is 0. The third kappa shape index (κ3) is 2.27. The zero-order valence-corrected chi connectivity index (χ0v) is 10.7. The van der Waals surface area contributed by atoms with Gasteiger partial charge in [0.2, 0.25) is 0 Å². The molecule has 0 bridgehead atoms. The normalized spacial score (nSPS) is 33.9. The Hall–Kier alpha value is -0.120. The van der Waals surface area contributed by atoms with Crippen LogP contribution in [-0.4, -0.2) is 43.3 Å². The first-order valence-electron chi connectivity index (χ1n) is 6.72. The highest BCUT2D eigenvalue weighted by Crippen LogP contribution is 2.40. The van der Waals surface area contributed by atoms with Crippen LogP contribution in [0, 0.1) is 11.8 Å². The number of nitrogens with zero attached hydrogens (tertiary/aromatic N) is 1. The van der Waals surface area contributed by atoms with Crippen molar-refractivity contribution in [2.75, 3.05) is 32.8 Å². The maximum absolute atomic E-state index is 5.96. The molecule has 3 nitrogen and oxygen atoms in total. The van der Waals surface area contributed by atoms with E-state index in [1.54, 1.807) is 0 Å². The van der Waals surface area contributed by atoms with Crippen LogP contribution in [0.25, 0.3) is 0 Å². The smallest absolute Gasteiger partial charge is 0.0659 e. The SMILES string of the molecule is CCOCC(C)(CN)N1CC2CCCC2C1. The molecule has 3 unspecified atom stereocenters. The average Bonchev–Trinajstić information content (AvgIpc) is 2.86. The molecule has 0 amide bonds. The minimum atomic E-state index is 0.0559. The predicted octanol–water partition coefficient (Wildman–Crippen LogP) is 1.47. The van der Waals surface area contributed by atoms with Crippen molar-refractivity contribution in [3.8, 4) is 0 Å². The van der Waals surface area contributed by atoms with Gasteiger partial charge < -0.3 is 10.5 Å². The molecule has 0 radical (unpaired) electrons. The summed E-state index contributed by atoms with van der Waals surface area (Å²) < 4.78 is 5.60. The number of rotatable bonds is 5. The molecule has 0 spiro atoms. The van der Waals surface area contributed by atoms with Crippen molar-refractivity contribution in [3.63, 3.8) is 0 Å². The Balaban J connectivity index is 1.94. The van der Waals surface area contributed by atoms with Gasteiger partial charge in [-0.05, 0) is 38.5 Å². The monoisotopic (exact) mass is 226 g/mol. The molecular formula is C13H26N2O. The number of hydrogen-bond donors (Lipinski definition) is 1. The van der Waals surface area contributed by atoms with E-state index in [0.29, 0.717) is 6.54 Å². The fourth-order valence-corrected chi connectivity index (χ4v) is 3.28. The number of ether oxygens (including phenoxy) is 1. The van der Waals surface area contributed by atoms with Crippen molar-refractivity contribution in [1.82, 2.24) is 4.90 Å². The molecule has 3 heteroatoms. The van der Waals surface area contributed by atoms with E-state index in [-0.39, 0.29) is 5.54 Å². The van der Waals surface area contributed by atoms with E-state index in [9.17, 15) is 0 Å². The quantitative estimate of drug-likeness (QED) is 0.771. The largest absolute Gasteiger partial charge is 0.380 e. The van der Waals surface area contributed by atoms with Crippen molar-refractivity contribution in [3.05, 3.63) is 0 Å². The van der Waals surface area contributed by atoms with Gasteiger partial charge in [0.05, 0.1) is 12.1 Å². The Bertz CT molecular complexity index is 222. The molecule has 2 N–H and O–H groups in total. The van der Waals surface area contributed by atoms with Crippen molar-refractivity contribution in [2.45, 2.75) is 38.6 Å². The van der Waals surface area contributed by atoms with Crippen LogP contribution in [0.2, 0.25) is 0 Å². The van der Waals surface area contributed by atoms with Crippen LogP contribution in [0.3, 0.4) is 0 Å². The van der Waals surface area contributed by atoms with Gasteiger partial charge in [-0.15, -0.1) is 0 Å². The summed E-state index contributed by atoms with van der Waals surface area (Å²) in [5.74, 6) is 1.88. The summed E-state index contributed by atoms with van der Waals surface area (Å²) in [6, 6.07) is 0. The van der Waals surface area contributed by atoms with Gasteiger partial charge in [0.15, 0.2) is 0 Å². The van der Waals surface area contributed by atoms with Crippen LogP contribution in [0.1, 0.15) is 33.1 Å². The molecule has 1 aliphatic heterocycles. The zero-order chi connectivity index (χ0) is 11.6. The third-order valence-corrected chi connectivity index (χ3v) is 4.55. The standard InChI is InChI=1S/C13H26N2O/c1-3-16-10-13(2,9-14)15-7-11-5-4-6-12(11)8-15/h11-12H,3-10,14H2,1-2H3. The topological polar surface area (TPSA) is 38.5 Å². The van der Waals surface area contributed by atoms with Crippen molar-refractivity contribution in [1.29, 1.82) is 0 Å². The highest BCUT2D eigenvalue weighted by molar-refractivity contribution is 4.97. The Morgan fingerprint density at radius 3 is 2.44 bits per heavy atom. The Morgan fingerprint density at radius 1 is 1.31 bits per heavy atom. The van der Waals surface area contributed by atoms with Gasteiger partial charge in [0.25, 0.3) is 0 Å². The van der Waals surface area contributed by atoms with Gasteiger partial charge in [0, 0.05) is 26.2 Å². The molecule has 0 aromatic heterocycles. The highest BCUT2D eigenvalue weighted by atomic mass is 16.5. The summed E-state index contributed by atoms with van der Waals surface area (Å²) in [5.41, 5.74) is 6.01. The number of fused-ring (bicyclic) bond motifs is 1. The van der Waals surface area contributed by atoms with Crippen LogP contribution in [0.4, 0.5) is 0 Å². The Morgan fingerprint density at radius 2 is 1.94 bits per heavy atom. The molecule has 94 valence electrons. The lowest BCUT2D eigenvalue weighted by Crippen LogP contribution is -2.54. The summed E-state index contributed by atoms with van der Waals surface area (Å²) in [4.78, 5) is 2.58. The van der Waals surface area contributed by atoms with Crippen LogP contribution >= 0.6 is 0 Å². The summed E-state index contributed by atoms with van der Waals surface area (Å²) in [6.45, 7) is 9.05. The molecule has 2 rings (SSSR count). The first-order valence-corrected chi connectivity index (χ1v) is 6.72. The van der Waals surface area contributed by atoms with Crippen LogP contribution in [0.15, 0.2) is 0 Å². The minimum Gasteiger partial charge on any atom is -0.380 e. The minimum absolute atomic E-state index is 0.0559. The second kappa shape index (κ2) is 5.03. The summed E-state index contributed by atoms with van der Waals surface area (Å²) >= 11 is 0.